The summed E-state index contributed by atoms with van der Waals surface area (Å²) < 4.78 is 0. The van der Waals surface area contributed by atoms with E-state index in [1.807, 2.05) is 61.2 Å². The molecule has 5 nitrogen and oxygen atoms in total. The van der Waals surface area contributed by atoms with E-state index < -0.39 is 5.91 Å². The summed E-state index contributed by atoms with van der Waals surface area (Å²) in [7, 11) is 0. The molecule has 30 heavy (non-hydrogen) atoms. The van der Waals surface area contributed by atoms with E-state index in [1.54, 1.807) is 6.07 Å². The van der Waals surface area contributed by atoms with Crippen LogP contribution in [0, 0.1) is 13.8 Å². The Kier molecular flexibility index (Phi) is 5.44. The van der Waals surface area contributed by atoms with Crippen molar-refractivity contribution in [2.24, 2.45) is 5.73 Å². The van der Waals surface area contributed by atoms with Crippen LogP contribution in [0.25, 0.3) is 10.8 Å². The standard InChI is InChI=1S/C25H27N3O2/c1-16-8-6-10-19-22(27-21-11-7-9-18(17(21)2)24(26)29)13-12-20(23(16)19)25(30)28-14-4-3-5-15-28/h6-13,27H,3-5,14-15H2,1-2H3,(H2,26,29). The minimum Gasteiger partial charge on any atom is -0.366 e. The van der Waals surface area contributed by atoms with Crippen LogP contribution in [-0.2, 0) is 0 Å². The fourth-order valence-corrected chi connectivity index (χ4v) is 4.33. The molecular formula is C25H27N3O2. The Morgan fingerprint density at radius 1 is 0.867 bits per heavy atom. The van der Waals surface area contributed by atoms with Gasteiger partial charge in [-0.2, -0.15) is 0 Å². The number of carbonyl (C=O) groups is 2. The summed E-state index contributed by atoms with van der Waals surface area (Å²) in [5, 5.41) is 5.41. The highest BCUT2D eigenvalue weighted by atomic mass is 16.2. The van der Waals surface area contributed by atoms with Crippen LogP contribution in [0.4, 0.5) is 11.4 Å². The van der Waals surface area contributed by atoms with Crippen LogP contribution in [0.3, 0.4) is 0 Å². The summed E-state index contributed by atoms with van der Waals surface area (Å²) in [4.78, 5) is 26.9. The van der Waals surface area contributed by atoms with E-state index in [9.17, 15) is 9.59 Å². The topological polar surface area (TPSA) is 75.4 Å². The van der Waals surface area contributed by atoms with Gasteiger partial charge < -0.3 is 16.0 Å². The van der Waals surface area contributed by atoms with Crippen LogP contribution in [0.15, 0.2) is 48.5 Å². The third-order valence-electron chi connectivity index (χ3n) is 5.99. The van der Waals surface area contributed by atoms with Gasteiger partial charge in [0.05, 0.1) is 0 Å². The molecule has 3 aromatic rings. The van der Waals surface area contributed by atoms with E-state index in [1.165, 1.54) is 6.42 Å². The van der Waals surface area contributed by atoms with Crippen LogP contribution in [0.5, 0.6) is 0 Å². The lowest BCUT2D eigenvalue weighted by atomic mass is 9.96. The van der Waals surface area contributed by atoms with E-state index in [0.29, 0.717) is 5.56 Å². The molecule has 0 atom stereocenters. The molecule has 1 heterocycles. The third-order valence-corrected chi connectivity index (χ3v) is 5.99. The maximum atomic E-state index is 13.3. The molecule has 1 aliphatic heterocycles. The van der Waals surface area contributed by atoms with E-state index in [-0.39, 0.29) is 5.91 Å². The number of carbonyl (C=O) groups excluding carboxylic acids is 2. The number of hydrogen-bond acceptors (Lipinski definition) is 3. The van der Waals surface area contributed by atoms with Crippen LogP contribution in [0.2, 0.25) is 0 Å². The summed E-state index contributed by atoms with van der Waals surface area (Å²) in [6, 6.07) is 15.4. The highest BCUT2D eigenvalue weighted by Crippen LogP contribution is 2.33. The summed E-state index contributed by atoms with van der Waals surface area (Å²) >= 11 is 0. The average molecular weight is 402 g/mol. The molecule has 5 heteroatoms. The lowest BCUT2D eigenvalue weighted by molar-refractivity contribution is 0.0726. The first-order valence-electron chi connectivity index (χ1n) is 10.5. The first-order chi connectivity index (χ1) is 14.5. The van der Waals surface area contributed by atoms with Gasteiger partial charge in [-0.1, -0.05) is 24.3 Å². The number of fused-ring (bicyclic) bond motifs is 1. The second-order valence-corrected chi connectivity index (χ2v) is 7.98. The van der Waals surface area contributed by atoms with Gasteiger partial charge in [-0.3, -0.25) is 9.59 Å². The Hall–Kier alpha value is -3.34. The number of likely N-dealkylation sites (tertiary alicyclic amines) is 1. The molecule has 0 bridgehead atoms. The number of aryl methyl sites for hydroxylation is 1. The van der Waals surface area contributed by atoms with Crippen molar-refractivity contribution >= 4 is 34.0 Å². The van der Waals surface area contributed by atoms with Crippen molar-refractivity contribution in [2.45, 2.75) is 33.1 Å². The number of piperidine rings is 1. The van der Waals surface area contributed by atoms with Crippen LogP contribution in [-0.4, -0.2) is 29.8 Å². The van der Waals surface area contributed by atoms with Gasteiger partial charge in [-0.15, -0.1) is 0 Å². The maximum absolute atomic E-state index is 13.3. The van der Waals surface area contributed by atoms with Crippen molar-refractivity contribution in [3.8, 4) is 0 Å². The monoisotopic (exact) mass is 401 g/mol. The Morgan fingerprint density at radius 2 is 1.60 bits per heavy atom. The van der Waals surface area contributed by atoms with Crippen LogP contribution >= 0.6 is 0 Å². The first-order valence-corrected chi connectivity index (χ1v) is 10.5. The van der Waals surface area contributed by atoms with E-state index >= 15 is 0 Å². The van der Waals surface area contributed by atoms with Crippen molar-refractivity contribution in [3.05, 3.63) is 70.8 Å². The quantitative estimate of drug-likeness (QED) is 0.651. The number of benzene rings is 3. The van der Waals surface area contributed by atoms with Gasteiger partial charge in [-0.05, 0) is 73.9 Å². The van der Waals surface area contributed by atoms with Gasteiger partial charge in [-0.25, -0.2) is 0 Å². The van der Waals surface area contributed by atoms with E-state index in [0.717, 1.165) is 64.8 Å². The Morgan fingerprint density at radius 3 is 2.33 bits per heavy atom. The van der Waals surface area contributed by atoms with Crippen molar-refractivity contribution in [1.82, 2.24) is 4.90 Å². The molecule has 1 aliphatic rings. The molecule has 3 aromatic carbocycles. The summed E-state index contributed by atoms with van der Waals surface area (Å²) in [5.74, 6) is -0.341. The van der Waals surface area contributed by atoms with Gasteiger partial charge in [0.1, 0.15) is 0 Å². The zero-order valence-corrected chi connectivity index (χ0v) is 17.5. The second-order valence-electron chi connectivity index (χ2n) is 7.98. The number of nitrogens with one attached hydrogen (secondary N) is 1. The fraction of sp³-hybridized carbons (Fsp3) is 0.280. The number of nitrogens with two attached hydrogens (primary N) is 1. The Balaban J connectivity index is 1.78. The Labute approximate surface area is 176 Å². The number of anilines is 2. The number of rotatable bonds is 4. The van der Waals surface area contributed by atoms with Gasteiger partial charge in [0.15, 0.2) is 0 Å². The highest BCUT2D eigenvalue weighted by molar-refractivity contribution is 6.12. The predicted octanol–water partition coefficient (Wildman–Crippen LogP) is 4.93. The van der Waals surface area contributed by atoms with Crippen LogP contribution in [0.1, 0.15) is 51.1 Å². The summed E-state index contributed by atoms with van der Waals surface area (Å²) in [5.41, 5.74) is 10.3. The van der Waals surface area contributed by atoms with Gasteiger partial charge in [0, 0.05) is 41.0 Å². The summed E-state index contributed by atoms with van der Waals surface area (Å²) in [6.07, 6.45) is 3.33. The smallest absolute Gasteiger partial charge is 0.254 e. The fourth-order valence-electron chi connectivity index (χ4n) is 4.33. The molecule has 1 fully saturated rings. The molecular weight excluding hydrogens is 374 g/mol. The highest BCUT2D eigenvalue weighted by Gasteiger charge is 2.22. The van der Waals surface area contributed by atoms with Crippen molar-refractivity contribution < 1.29 is 9.59 Å². The minimum atomic E-state index is -0.445. The summed E-state index contributed by atoms with van der Waals surface area (Å²) in [6.45, 7) is 5.57. The number of nitrogens with zero attached hydrogens (tertiary/aromatic N) is 1. The molecule has 0 aliphatic carbocycles. The molecule has 1 saturated heterocycles. The van der Waals surface area contributed by atoms with Gasteiger partial charge >= 0.3 is 0 Å². The number of amides is 2. The molecule has 3 N–H and O–H groups in total. The van der Waals surface area contributed by atoms with Gasteiger partial charge in [0.2, 0.25) is 5.91 Å². The maximum Gasteiger partial charge on any atom is 0.254 e. The van der Waals surface area contributed by atoms with Gasteiger partial charge in [0.25, 0.3) is 5.91 Å². The molecule has 2 amide bonds. The third kappa shape index (κ3) is 3.63. The molecule has 154 valence electrons. The normalized spacial score (nSPS) is 14.0. The number of primary amides is 1. The SMILES string of the molecule is Cc1c(Nc2ccc(C(=O)N3CCCCC3)c3c(C)cccc23)cccc1C(N)=O. The average Bonchev–Trinajstić information content (AvgIpc) is 2.75. The molecule has 4 rings (SSSR count). The predicted molar refractivity (Wildman–Crippen MR) is 121 cm³/mol. The molecule has 0 saturated carbocycles. The zero-order chi connectivity index (χ0) is 21.3. The van der Waals surface area contributed by atoms with Crippen molar-refractivity contribution in [3.63, 3.8) is 0 Å². The van der Waals surface area contributed by atoms with Crippen molar-refractivity contribution in [2.75, 3.05) is 18.4 Å². The molecule has 0 aromatic heterocycles. The lowest BCUT2D eigenvalue weighted by Gasteiger charge is -2.27. The Bertz CT molecular complexity index is 1130. The van der Waals surface area contributed by atoms with Crippen LogP contribution < -0.4 is 11.1 Å². The molecule has 0 unspecified atom stereocenters. The largest absolute Gasteiger partial charge is 0.366 e. The van der Waals surface area contributed by atoms with E-state index in [4.69, 9.17) is 5.73 Å². The minimum absolute atomic E-state index is 0.104. The molecule has 0 radical (unpaired) electrons. The van der Waals surface area contributed by atoms with Crippen molar-refractivity contribution in [1.29, 1.82) is 0 Å². The van der Waals surface area contributed by atoms with E-state index in [2.05, 4.69) is 5.32 Å². The second kappa shape index (κ2) is 8.19. The molecule has 0 spiro atoms. The number of hydrogen-bond donors (Lipinski definition) is 2. The first kappa shape index (κ1) is 20.0. The lowest BCUT2D eigenvalue weighted by Crippen LogP contribution is -2.35. The zero-order valence-electron chi connectivity index (χ0n) is 17.5.